The second-order valence-electron chi connectivity index (χ2n) is 5.21. The second kappa shape index (κ2) is 6.60. The van der Waals surface area contributed by atoms with Gasteiger partial charge in [0, 0.05) is 18.6 Å². The van der Waals surface area contributed by atoms with Crippen LogP contribution in [0.4, 0.5) is 0 Å². The summed E-state index contributed by atoms with van der Waals surface area (Å²) in [5.41, 5.74) is 1.26. The molecular formula is C15H19N3O2S. The highest BCUT2D eigenvalue weighted by atomic mass is 32.2. The van der Waals surface area contributed by atoms with Crippen LogP contribution in [-0.2, 0) is 10.5 Å². The molecule has 2 atom stereocenters. The topological polar surface area (TPSA) is 60.2 Å². The highest BCUT2D eigenvalue weighted by molar-refractivity contribution is 7.98. The van der Waals surface area contributed by atoms with Crippen LogP contribution in [0.2, 0.25) is 0 Å². The summed E-state index contributed by atoms with van der Waals surface area (Å²) in [6, 6.07) is 8.52. The summed E-state index contributed by atoms with van der Waals surface area (Å²) in [6.07, 6.45) is 1.11. The number of hydrogen-bond donors (Lipinski definition) is 1. The Morgan fingerprint density at radius 3 is 3.14 bits per heavy atom. The van der Waals surface area contributed by atoms with Crippen molar-refractivity contribution in [2.75, 3.05) is 13.7 Å². The van der Waals surface area contributed by atoms with E-state index in [2.05, 4.69) is 46.6 Å². The third-order valence-corrected chi connectivity index (χ3v) is 4.55. The Bertz CT molecular complexity index is 602. The maximum absolute atomic E-state index is 5.36. The number of methoxy groups -OCH3 is 1. The summed E-state index contributed by atoms with van der Waals surface area (Å²) in [7, 11) is 1.73. The lowest BCUT2D eigenvalue weighted by atomic mass is 10.2. The number of nitrogens with one attached hydrogen (secondary N) is 1. The average molecular weight is 305 g/mol. The van der Waals surface area contributed by atoms with Crippen molar-refractivity contribution in [2.45, 2.75) is 36.1 Å². The van der Waals surface area contributed by atoms with Gasteiger partial charge >= 0.3 is 0 Å². The minimum Gasteiger partial charge on any atom is -0.380 e. The van der Waals surface area contributed by atoms with Gasteiger partial charge < -0.3 is 14.6 Å². The zero-order valence-electron chi connectivity index (χ0n) is 12.2. The van der Waals surface area contributed by atoms with Crippen LogP contribution < -0.4 is 5.32 Å². The number of nitrogens with zero attached hydrogens (tertiary/aromatic N) is 2. The molecule has 1 saturated heterocycles. The molecule has 1 aromatic carbocycles. The maximum Gasteiger partial charge on any atom is 0.243 e. The largest absolute Gasteiger partial charge is 0.380 e. The molecule has 5 nitrogen and oxygen atoms in total. The fraction of sp³-hybridized carbons (Fsp3) is 0.467. The van der Waals surface area contributed by atoms with Crippen LogP contribution in [0, 0.1) is 6.92 Å². The lowest BCUT2D eigenvalue weighted by molar-refractivity contribution is 0.116. The first kappa shape index (κ1) is 14.6. The smallest absolute Gasteiger partial charge is 0.243 e. The SMILES string of the molecule is CO[C@@H]1CN[C@@H](c2nc(CSc3cccc(C)c3)no2)C1. The van der Waals surface area contributed by atoms with E-state index >= 15 is 0 Å². The summed E-state index contributed by atoms with van der Waals surface area (Å²) in [5.74, 6) is 2.11. The fourth-order valence-corrected chi connectivity index (χ4v) is 3.25. The molecule has 0 spiro atoms. The minimum atomic E-state index is 0.111. The van der Waals surface area contributed by atoms with Crippen molar-refractivity contribution in [3.05, 3.63) is 41.5 Å². The monoisotopic (exact) mass is 305 g/mol. The lowest BCUT2D eigenvalue weighted by Gasteiger charge is -2.04. The number of rotatable bonds is 5. The molecular weight excluding hydrogens is 286 g/mol. The number of ether oxygens (including phenoxy) is 1. The summed E-state index contributed by atoms with van der Waals surface area (Å²) in [5, 5.41) is 7.40. The number of aromatic nitrogens is 2. The van der Waals surface area contributed by atoms with Gasteiger partial charge in [0.05, 0.1) is 17.9 Å². The van der Waals surface area contributed by atoms with Crippen LogP contribution in [-0.4, -0.2) is 29.9 Å². The Balaban J connectivity index is 1.58. The molecule has 0 saturated carbocycles. The van der Waals surface area contributed by atoms with Crippen molar-refractivity contribution < 1.29 is 9.26 Å². The molecule has 0 bridgehead atoms. The average Bonchev–Trinajstić information content (AvgIpc) is 3.14. The van der Waals surface area contributed by atoms with Gasteiger partial charge in [-0.15, -0.1) is 11.8 Å². The van der Waals surface area contributed by atoms with E-state index in [9.17, 15) is 0 Å². The highest BCUT2D eigenvalue weighted by Gasteiger charge is 2.29. The van der Waals surface area contributed by atoms with E-state index in [1.807, 2.05) is 0 Å². The molecule has 1 fully saturated rings. The first-order chi connectivity index (χ1) is 10.2. The van der Waals surface area contributed by atoms with Gasteiger partial charge in [0.2, 0.25) is 5.89 Å². The van der Waals surface area contributed by atoms with Gasteiger partial charge in [0.1, 0.15) is 0 Å². The van der Waals surface area contributed by atoms with Crippen LogP contribution in [0.25, 0.3) is 0 Å². The molecule has 1 N–H and O–H groups in total. The molecule has 2 aromatic rings. The van der Waals surface area contributed by atoms with Crippen molar-refractivity contribution in [3.63, 3.8) is 0 Å². The van der Waals surface area contributed by atoms with Gasteiger partial charge in [0.15, 0.2) is 5.82 Å². The molecule has 1 aliphatic heterocycles. The minimum absolute atomic E-state index is 0.111. The van der Waals surface area contributed by atoms with Gasteiger partial charge in [-0.05, 0) is 25.5 Å². The second-order valence-corrected chi connectivity index (χ2v) is 6.26. The van der Waals surface area contributed by atoms with Gasteiger partial charge in [-0.1, -0.05) is 22.9 Å². The van der Waals surface area contributed by atoms with Crippen LogP contribution in [0.15, 0.2) is 33.7 Å². The van der Waals surface area contributed by atoms with E-state index in [1.54, 1.807) is 18.9 Å². The molecule has 2 heterocycles. The van der Waals surface area contributed by atoms with Crippen LogP contribution >= 0.6 is 11.8 Å². The molecule has 1 aliphatic rings. The predicted octanol–water partition coefficient (Wildman–Crippen LogP) is 2.72. The number of thioether (sulfide) groups is 1. The maximum atomic E-state index is 5.36. The van der Waals surface area contributed by atoms with Crippen molar-refractivity contribution in [3.8, 4) is 0 Å². The molecule has 0 unspecified atom stereocenters. The Kier molecular flexibility index (Phi) is 4.57. The highest BCUT2D eigenvalue weighted by Crippen LogP contribution is 2.26. The van der Waals surface area contributed by atoms with E-state index in [-0.39, 0.29) is 12.1 Å². The van der Waals surface area contributed by atoms with E-state index in [0.29, 0.717) is 11.6 Å². The summed E-state index contributed by atoms with van der Waals surface area (Å²) in [6.45, 7) is 2.92. The van der Waals surface area contributed by atoms with E-state index in [4.69, 9.17) is 9.26 Å². The Labute approximate surface area is 128 Å². The number of benzene rings is 1. The van der Waals surface area contributed by atoms with Crippen molar-refractivity contribution in [2.24, 2.45) is 0 Å². The first-order valence-electron chi connectivity index (χ1n) is 7.02. The molecule has 3 rings (SSSR count). The summed E-state index contributed by atoms with van der Waals surface area (Å²) >= 11 is 1.72. The van der Waals surface area contributed by atoms with Crippen LogP contribution in [0.5, 0.6) is 0 Å². The van der Waals surface area contributed by atoms with Crippen LogP contribution in [0.3, 0.4) is 0 Å². The fourth-order valence-electron chi connectivity index (χ4n) is 2.39. The van der Waals surface area contributed by atoms with Gasteiger partial charge in [-0.2, -0.15) is 4.98 Å². The van der Waals surface area contributed by atoms with Crippen molar-refractivity contribution in [1.29, 1.82) is 0 Å². The number of hydrogen-bond acceptors (Lipinski definition) is 6. The molecule has 0 amide bonds. The summed E-state index contributed by atoms with van der Waals surface area (Å²) in [4.78, 5) is 5.70. The van der Waals surface area contributed by atoms with E-state index < -0.39 is 0 Å². The third kappa shape index (κ3) is 3.64. The molecule has 6 heteroatoms. The van der Waals surface area contributed by atoms with E-state index in [0.717, 1.165) is 18.8 Å². The number of aryl methyl sites for hydroxylation is 1. The summed E-state index contributed by atoms with van der Waals surface area (Å²) < 4.78 is 10.7. The van der Waals surface area contributed by atoms with Gasteiger partial charge in [-0.3, -0.25) is 0 Å². The van der Waals surface area contributed by atoms with Crippen molar-refractivity contribution in [1.82, 2.24) is 15.5 Å². The van der Waals surface area contributed by atoms with E-state index in [1.165, 1.54) is 10.5 Å². The normalized spacial score (nSPS) is 21.8. The lowest BCUT2D eigenvalue weighted by Crippen LogP contribution is -2.16. The Hall–Kier alpha value is -1.37. The molecule has 0 aliphatic carbocycles. The molecule has 112 valence electrons. The third-order valence-electron chi connectivity index (χ3n) is 3.56. The Morgan fingerprint density at radius 1 is 1.48 bits per heavy atom. The molecule has 0 radical (unpaired) electrons. The van der Waals surface area contributed by atoms with Crippen molar-refractivity contribution >= 4 is 11.8 Å². The Morgan fingerprint density at radius 2 is 2.38 bits per heavy atom. The standard InChI is InChI=1S/C15H19N3O2S/c1-10-4-3-5-12(6-10)21-9-14-17-15(20-18-14)13-7-11(19-2)8-16-13/h3-6,11,13,16H,7-9H2,1-2H3/t11-,13+/m0/s1. The van der Waals surface area contributed by atoms with Gasteiger partial charge in [0.25, 0.3) is 0 Å². The first-order valence-corrected chi connectivity index (χ1v) is 8.01. The zero-order chi connectivity index (χ0) is 14.7. The zero-order valence-corrected chi connectivity index (χ0v) is 13.0. The molecule has 1 aromatic heterocycles. The predicted molar refractivity (Wildman–Crippen MR) is 81.2 cm³/mol. The van der Waals surface area contributed by atoms with Gasteiger partial charge in [-0.25, -0.2) is 0 Å². The quantitative estimate of drug-likeness (QED) is 0.857. The van der Waals surface area contributed by atoms with Crippen LogP contribution in [0.1, 0.15) is 29.7 Å². The molecule has 21 heavy (non-hydrogen) atoms.